The summed E-state index contributed by atoms with van der Waals surface area (Å²) >= 11 is 0. The third-order valence-electron chi connectivity index (χ3n) is 13.3. The Kier molecular flexibility index (Phi) is 28.7. The smallest absolute Gasteiger partial charge is 0.408 e. The first-order valence-electron chi connectivity index (χ1n) is 25.7. The van der Waals surface area contributed by atoms with Crippen molar-refractivity contribution in [3.63, 3.8) is 0 Å². The number of hydrogen-bond acceptors (Lipinski definition) is 7. The number of rotatable bonds is 34. The van der Waals surface area contributed by atoms with Gasteiger partial charge in [0.2, 0.25) is 0 Å². The second-order valence-corrected chi connectivity index (χ2v) is 32.2. The number of benzene rings is 1. The van der Waals surface area contributed by atoms with Crippen LogP contribution in [0.4, 0.5) is 4.79 Å². The minimum atomic E-state index is -2.06. The number of carbonyl (C=O) groups is 2. The van der Waals surface area contributed by atoms with Crippen molar-refractivity contribution in [1.29, 1.82) is 0 Å². The molecule has 0 heterocycles. The van der Waals surface area contributed by atoms with Gasteiger partial charge >= 0.3 is 12.1 Å². The molecule has 1 rings (SSSR count). The number of amides is 1. The molecule has 0 saturated carbocycles. The van der Waals surface area contributed by atoms with Crippen molar-refractivity contribution in [2.24, 2.45) is 0 Å². The van der Waals surface area contributed by atoms with Gasteiger partial charge in [-0.05, 0) is 81.9 Å². The van der Waals surface area contributed by atoms with Gasteiger partial charge in [-0.2, -0.15) is 0 Å². The first-order valence-corrected chi connectivity index (χ1v) is 31.5. The fourth-order valence-electron chi connectivity index (χ4n) is 7.46. The van der Waals surface area contributed by atoms with Gasteiger partial charge in [0.1, 0.15) is 11.6 Å². The lowest BCUT2D eigenvalue weighted by Crippen LogP contribution is -2.50. The fraction of sp³-hybridized carbons (Fsp3) is 0.849. The topological polar surface area (TPSA) is 86.3 Å². The Morgan fingerprint density at radius 3 is 1.41 bits per heavy atom. The van der Waals surface area contributed by atoms with Crippen LogP contribution in [0.5, 0.6) is 0 Å². The maximum absolute atomic E-state index is 13.7. The first kappa shape index (κ1) is 59.3. The third-order valence-corrected chi connectivity index (χ3v) is 22.4. The molecule has 1 amide bonds. The number of alkyl carbamates (subject to hydrolysis) is 1. The molecule has 10 heteroatoms. The van der Waals surface area contributed by atoms with Crippen molar-refractivity contribution >= 4 is 28.7 Å². The summed E-state index contributed by atoms with van der Waals surface area (Å²) in [6.45, 7) is 36.3. The summed E-state index contributed by atoms with van der Waals surface area (Å²) in [5.74, 6) is -0.445. The highest BCUT2D eigenvalue weighted by Crippen LogP contribution is 2.39. The summed E-state index contributed by atoms with van der Waals surface area (Å²) in [5, 5.41) is 3.02. The van der Waals surface area contributed by atoms with Gasteiger partial charge in [0.15, 0.2) is 16.6 Å². The second-order valence-electron chi connectivity index (χ2n) is 22.7. The van der Waals surface area contributed by atoms with Crippen LogP contribution in [0.15, 0.2) is 30.3 Å². The minimum absolute atomic E-state index is 0.109. The van der Waals surface area contributed by atoms with E-state index in [1.165, 1.54) is 103 Å². The summed E-state index contributed by atoms with van der Waals surface area (Å²) in [6, 6.07) is 8.88. The lowest BCUT2D eigenvalue weighted by atomic mass is 10.0. The van der Waals surface area contributed by atoms with Crippen molar-refractivity contribution in [3.8, 4) is 0 Å². The molecule has 0 saturated heterocycles. The van der Waals surface area contributed by atoms with Crippen LogP contribution in [0.25, 0.3) is 0 Å². The standard InChI is InChI=1S/C53H102N2O6Si2/c1-16-18-20-22-24-26-28-33-38-46(60-62(12,13)52(6,7)8)43-55(44-47(61-63(14,15)53(9,10)11)39-34-29-27-25-23-21-19-17-2)40-35-41-58-49(56)48(42-45-36-31-30-32-37-45)54-50(57)59-51(3,4)5/h30-32,36-37,46-48H,16-29,33-35,38-44H2,1-15H3,(H,54,57)/t46?,47?,48-/m0/s1. The molecule has 368 valence electrons. The van der Waals surface area contributed by atoms with Crippen LogP contribution in [-0.4, -0.2) is 83.7 Å². The Labute approximate surface area is 392 Å². The molecule has 0 spiro atoms. The molecule has 0 radical (unpaired) electrons. The Balaban J connectivity index is 3.36. The van der Waals surface area contributed by atoms with Gasteiger partial charge in [-0.1, -0.05) is 188 Å². The summed E-state index contributed by atoms with van der Waals surface area (Å²) in [7, 11) is -4.13. The Hall–Kier alpha value is -1.73. The normalized spacial score (nSPS) is 14.4. The number of nitrogens with zero attached hydrogens (tertiary/aromatic N) is 1. The van der Waals surface area contributed by atoms with Crippen molar-refractivity contribution < 1.29 is 27.9 Å². The van der Waals surface area contributed by atoms with E-state index < -0.39 is 40.3 Å². The zero-order valence-electron chi connectivity index (χ0n) is 44.0. The maximum Gasteiger partial charge on any atom is 0.408 e. The number of esters is 1. The molecule has 0 aromatic heterocycles. The molecule has 1 aromatic carbocycles. The van der Waals surface area contributed by atoms with Gasteiger partial charge in [-0.25, -0.2) is 9.59 Å². The van der Waals surface area contributed by atoms with Crippen molar-refractivity contribution in [1.82, 2.24) is 10.2 Å². The van der Waals surface area contributed by atoms with E-state index in [9.17, 15) is 9.59 Å². The van der Waals surface area contributed by atoms with Crippen LogP contribution in [0.2, 0.25) is 36.3 Å². The highest BCUT2D eigenvalue weighted by molar-refractivity contribution is 6.74. The van der Waals surface area contributed by atoms with Crippen molar-refractivity contribution in [3.05, 3.63) is 35.9 Å². The molecule has 1 N–H and O–H groups in total. The second kappa shape index (κ2) is 30.5. The monoisotopic (exact) mass is 919 g/mol. The van der Waals surface area contributed by atoms with E-state index >= 15 is 0 Å². The van der Waals surface area contributed by atoms with Crippen LogP contribution >= 0.6 is 0 Å². The lowest BCUT2D eigenvalue weighted by Gasteiger charge is -2.42. The molecular formula is C53H102N2O6Si2. The van der Waals surface area contributed by atoms with Crippen LogP contribution in [0, 0.1) is 0 Å². The van der Waals surface area contributed by atoms with E-state index in [1.807, 2.05) is 51.1 Å². The Morgan fingerprint density at radius 1 is 0.603 bits per heavy atom. The van der Waals surface area contributed by atoms with Crippen molar-refractivity contribution in [2.75, 3.05) is 26.2 Å². The Bertz CT molecular complexity index is 1280. The molecule has 0 fully saturated rings. The van der Waals surface area contributed by atoms with Crippen LogP contribution in [0.1, 0.15) is 204 Å². The van der Waals surface area contributed by atoms with Crippen LogP contribution < -0.4 is 5.32 Å². The van der Waals surface area contributed by atoms with Gasteiger partial charge in [0.25, 0.3) is 0 Å². The predicted molar refractivity (Wildman–Crippen MR) is 274 cm³/mol. The molecule has 0 aliphatic carbocycles. The number of hydrogen-bond donors (Lipinski definition) is 1. The highest BCUT2D eigenvalue weighted by Gasteiger charge is 2.41. The molecule has 0 aliphatic heterocycles. The average molecular weight is 920 g/mol. The predicted octanol–water partition coefficient (Wildman–Crippen LogP) is 15.2. The van der Waals surface area contributed by atoms with E-state index in [2.05, 4.69) is 91.8 Å². The SMILES string of the molecule is CCCCCCCCCCC(CN(CCCOC(=O)[C@H](Cc1ccccc1)NC(=O)OC(C)(C)C)CC(CCCCCCCCCC)O[Si](C)(C)C(C)(C)C)O[Si](C)(C)C(C)(C)C. The number of unbranched alkanes of at least 4 members (excludes halogenated alkanes) is 14. The minimum Gasteiger partial charge on any atom is -0.464 e. The molecule has 1 aromatic rings. The zero-order chi connectivity index (χ0) is 47.6. The number of ether oxygens (including phenoxy) is 2. The van der Waals surface area contributed by atoms with E-state index in [0.29, 0.717) is 12.8 Å². The van der Waals surface area contributed by atoms with E-state index in [0.717, 1.165) is 38.0 Å². The highest BCUT2D eigenvalue weighted by atomic mass is 28.4. The molecule has 63 heavy (non-hydrogen) atoms. The average Bonchev–Trinajstić information content (AvgIpc) is 3.16. The Morgan fingerprint density at radius 2 is 1.02 bits per heavy atom. The summed E-state index contributed by atoms with van der Waals surface area (Å²) in [5.41, 5.74) is 0.255. The van der Waals surface area contributed by atoms with Crippen LogP contribution in [-0.2, 0) is 29.5 Å². The number of carbonyl (C=O) groups excluding carboxylic acids is 2. The first-order chi connectivity index (χ1) is 29.4. The summed E-state index contributed by atoms with van der Waals surface area (Å²) in [4.78, 5) is 29.2. The number of nitrogens with one attached hydrogen (secondary N) is 1. The van der Waals surface area contributed by atoms with Gasteiger partial charge in [-0.3, -0.25) is 4.90 Å². The van der Waals surface area contributed by atoms with Crippen LogP contribution in [0.3, 0.4) is 0 Å². The van der Waals surface area contributed by atoms with E-state index in [-0.39, 0.29) is 28.9 Å². The van der Waals surface area contributed by atoms with Gasteiger partial charge in [-0.15, -0.1) is 0 Å². The molecule has 2 unspecified atom stereocenters. The van der Waals surface area contributed by atoms with E-state index in [4.69, 9.17) is 18.3 Å². The molecule has 3 atom stereocenters. The summed E-state index contributed by atoms with van der Waals surface area (Å²) < 4.78 is 26.2. The zero-order valence-corrected chi connectivity index (χ0v) is 46.0. The molecule has 0 bridgehead atoms. The van der Waals surface area contributed by atoms with Gasteiger partial charge in [0.05, 0.1) is 18.8 Å². The van der Waals surface area contributed by atoms with Gasteiger partial charge in [0, 0.05) is 26.1 Å². The molecule has 0 aliphatic rings. The largest absolute Gasteiger partial charge is 0.464 e. The van der Waals surface area contributed by atoms with E-state index in [1.54, 1.807) is 0 Å². The van der Waals surface area contributed by atoms with Crippen molar-refractivity contribution in [2.45, 2.75) is 265 Å². The quantitative estimate of drug-likeness (QED) is 0.0419. The molecular weight excluding hydrogens is 817 g/mol. The third kappa shape index (κ3) is 27.5. The maximum atomic E-state index is 13.7. The summed E-state index contributed by atoms with van der Waals surface area (Å²) in [6.07, 6.45) is 23.4. The lowest BCUT2D eigenvalue weighted by molar-refractivity contribution is -0.146. The fourth-order valence-corrected chi connectivity index (χ4v) is 10.2. The molecule has 8 nitrogen and oxygen atoms in total. The van der Waals surface area contributed by atoms with Gasteiger partial charge < -0.3 is 23.6 Å².